The molecule has 1 aliphatic heterocycles. The Kier molecular flexibility index (Phi) is 2.17. The number of hydrogen-bond donors (Lipinski definition) is 0. The van der Waals surface area contributed by atoms with Gasteiger partial charge < -0.3 is 9.47 Å². The molecule has 0 aliphatic carbocycles. The van der Waals surface area contributed by atoms with E-state index in [1.807, 2.05) is 18.2 Å². The van der Waals surface area contributed by atoms with Crippen molar-refractivity contribution in [3.8, 4) is 11.5 Å². The van der Waals surface area contributed by atoms with Gasteiger partial charge in [-0.2, -0.15) is 0 Å². The van der Waals surface area contributed by atoms with Gasteiger partial charge in [0.05, 0.1) is 0 Å². The average Bonchev–Trinajstić information content (AvgIpc) is 2.18. The molecular formula is C10H11NO2. The molecule has 3 heteroatoms. The first kappa shape index (κ1) is 8.10. The largest absolute Gasteiger partial charge is 0.486 e. The van der Waals surface area contributed by atoms with E-state index in [0.717, 1.165) is 17.1 Å². The predicted molar refractivity (Wildman–Crippen MR) is 51.0 cm³/mol. The molecule has 0 bridgehead atoms. The van der Waals surface area contributed by atoms with Gasteiger partial charge in [0, 0.05) is 13.3 Å². The lowest BCUT2D eigenvalue weighted by Crippen LogP contribution is -2.15. The van der Waals surface area contributed by atoms with E-state index in [4.69, 9.17) is 9.47 Å². The molecule has 68 valence electrons. The molecule has 1 aromatic rings. The summed E-state index contributed by atoms with van der Waals surface area (Å²) in [7, 11) is 1.75. The summed E-state index contributed by atoms with van der Waals surface area (Å²) >= 11 is 0. The molecule has 0 aromatic heterocycles. The zero-order valence-corrected chi connectivity index (χ0v) is 7.49. The fraction of sp³-hybridized carbons (Fsp3) is 0.300. The Balaban J connectivity index is 2.35. The van der Waals surface area contributed by atoms with Crippen LogP contribution in [0.15, 0.2) is 23.2 Å². The number of nitrogens with zero attached hydrogens (tertiary/aromatic N) is 1. The zero-order chi connectivity index (χ0) is 9.10. The second-order valence-corrected chi connectivity index (χ2v) is 2.79. The van der Waals surface area contributed by atoms with Crippen LogP contribution < -0.4 is 9.47 Å². The summed E-state index contributed by atoms with van der Waals surface area (Å²) in [4.78, 5) is 3.93. The first-order chi connectivity index (χ1) is 6.40. The molecule has 0 atom stereocenters. The molecule has 0 N–H and O–H groups in total. The predicted octanol–water partition coefficient (Wildman–Crippen LogP) is 1.51. The molecule has 1 aliphatic rings. The van der Waals surface area contributed by atoms with Crippen LogP contribution in [0.4, 0.5) is 0 Å². The lowest BCUT2D eigenvalue weighted by atomic mass is 10.2. The fourth-order valence-corrected chi connectivity index (χ4v) is 1.29. The van der Waals surface area contributed by atoms with E-state index in [1.165, 1.54) is 0 Å². The lowest BCUT2D eigenvalue weighted by molar-refractivity contribution is 0.171. The van der Waals surface area contributed by atoms with Gasteiger partial charge in [-0.05, 0) is 23.8 Å². The maximum atomic E-state index is 5.42. The van der Waals surface area contributed by atoms with E-state index in [1.54, 1.807) is 13.3 Å². The summed E-state index contributed by atoms with van der Waals surface area (Å²) in [6.07, 6.45) is 1.79. The van der Waals surface area contributed by atoms with Crippen LogP contribution >= 0.6 is 0 Å². The van der Waals surface area contributed by atoms with Crippen LogP contribution in [0.25, 0.3) is 0 Å². The van der Waals surface area contributed by atoms with Gasteiger partial charge in [0.15, 0.2) is 11.5 Å². The highest BCUT2D eigenvalue weighted by molar-refractivity contribution is 5.80. The Morgan fingerprint density at radius 2 is 2.00 bits per heavy atom. The summed E-state index contributed by atoms with van der Waals surface area (Å²) < 4.78 is 10.8. The molecule has 0 unspecified atom stereocenters. The Morgan fingerprint density at radius 1 is 1.23 bits per heavy atom. The van der Waals surface area contributed by atoms with Crippen molar-refractivity contribution in [3.05, 3.63) is 23.8 Å². The smallest absolute Gasteiger partial charge is 0.162 e. The van der Waals surface area contributed by atoms with E-state index in [-0.39, 0.29) is 0 Å². The van der Waals surface area contributed by atoms with Gasteiger partial charge in [-0.15, -0.1) is 0 Å². The van der Waals surface area contributed by atoms with Gasteiger partial charge in [-0.1, -0.05) is 0 Å². The lowest BCUT2D eigenvalue weighted by Gasteiger charge is -2.18. The maximum Gasteiger partial charge on any atom is 0.162 e. The van der Waals surface area contributed by atoms with Gasteiger partial charge in [-0.25, -0.2) is 0 Å². The van der Waals surface area contributed by atoms with Crippen molar-refractivity contribution < 1.29 is 9.47 Å². The summed E-state index contributed by atoms with van der Waals surface area (Å²) in [5.74, 6) is 1.63. The first-order valence-corrected chi connectivity index (χ1v) is 4.22. The van der Waals surface area contributed by atoms with Crippen molar-refractivity contribution >= 4 is 6.21 Å². The number of benzene rings is 1. The highest BCUT2D eigenvalue weighted by Gasteiger charge is 2.10. The topological polar surface area (TPSA) is 30.8 Å². The van der Waals surface area contributed by atoms with Gasteiger partial charge >= 0.3 is 0 Å². The maximum absolute atomic E-state index is 5.42. The van der Waals surface area contributed by atoms with E-state index >= 15 is 0 Å². The standard InChI is InChI=1S/C10H11NO2/c1-11-7-8-2-3-9-10(6-8)13-5-4-12-9/h2-3,6-7H,4-5H2,1H3. The molecule has 0 radical (unpaired) electrons. The third kappa shape index (κ3) is 1.64. The minimum absolute atomic E-state index is 0.625. The number of rotatable bonds is 1. The van der Waals surface area contributed by atoms with Crippen molar-refractivity contribution in [1.29, 1.82) is 0 Å². The average molecular weight is 177 g/mol. The summed E-state index contributed by atoms with van der Waals surface area (Å²) in [6.45, 7) is 1.26. The van der Waals surface area contributed by atoms with E-state index in [0.29, 0.717) is 13.2 Å². The van der Waals surface area contributed by atoms with Gasteiger partial charge in [-0.3, -0.25) is 4.99 Å². The second kappa shape index (κ2) is 3.47. The van der Waals surface area contributed by atoms with Gasteiger partial charge in [0.2, 0.25) is 0 Å². The van der Waals surface area contributed by atoms with Crippen molar-refractivity contribution in [3.63, 3.8) is 0 Å². The Morgan fingerprint density at radius 3 is 2.77 bits per heavy atom. The van der Waals surface area contributed by atoms with Crippen molar-refractivity contribution in [2.24, 2.45) is 4.99 Å². The molecule has 0 amide bonds. The minimum atomic E-state index is 0.625. The molecule has 13 heavy (non-hydrogen) atoms. The zero-order valence-electron chi connectivity index (χ0n) is 7.49. The molecule has 0 spiro atoms. The van der Waals surface area contributed by atoms with E-state index in [2.05, 4.69) is 4.99 Å². The number of hydrogen-bond acceptors (Lipinski definition) is 3. The third-order valence-corrected chi connectivity index (χ3v) is 1.84. The minimum Gasteiger partial charge on any atom is -0.486 e. The molecular weight excluding hydrogens is 166 g/mol. The fourth-order valence-electron chi connectivity index (χ4n) is 1.29. The quantitative estimate of drug-likeness (QED) is 0.609. The van der Waals surface area contributed by atoms with Crippen molar-refractivity contribution in [2.75, 3.05) is 20.3 Å². The molecule has 1 heterocycles. The van der Waals surface area contributed by atoms with Gasteiger partial charge in [0.1, 0.15) is 13.2 Å². The summed E-state index contributed by atoms with van der Waals surface area (Å²) in [5, 5.41) is 0. The van der Waals surface area contributed by atoms with Crippen LogP contribution in [0.3, 0.4) is 0 Å². The van der Waals surface area contributed by atoms with Crippen LogP contribution in [0.5, 0.6) is 11.5 Å². The summed E-state index contributed by atoms with van der Waals surface area (Å²) in [6, 6.07) is 5.80. The van der Waals surface area contributed by atoms with Gasteiger partial charge in [0.25, 0.3) is 0 Å². The van der Waals surface area contributed by atoms with Crippen molar-refractivity contribution in [1.82, 2.24) is 0 Å². The summed E-state index contributed by atoms with van der Waals surface area (Å²) in [5.41, 5.74) is 1.03. The Bertz CT molecular complexity index is 334. The highest BCUT2D eigenvalue weighted by Crippen LogP contribution is 2.30. The third-order valence-electron chi connectivity index (χ3n) is 1.84. The molecule has 1 aromatic carbocycles. The first-order valence-electron chi connectivity index (χ1n) is 4.22. The SMILES string of the molecule is CN=Cc1ccc2c(c1)OCCO2. The van der Waals surface area contributed by atoms with Crippen LogP contribution in [0, 0.1) is 0 Å². The van der Waals surface area contributed by atoms with E-state index < -0.39 is 0 Å². The molecule has 2 rings (SSSR count). The monoisotopic (exact) mass is 177 g/mol. The molecule has 0 saturated heterocycles. The molecule has 0 saturated carbocycles. The Labute approximate surface area is 77.0 Å². The Hall–Kier alpha value is -1.51. The molecule has 3 nitrogen and oxygen atoms in total. The highest BCUT2D eigenvalue weighted by atomic mass is 16.6. The van der Waals surface area contributed by atoms with Crippen LogP contribution in [-0.4, -0.2) is 26.5 Å². The van der Waals surface area contributed by atoms with Crippen LogP contribution in [0.2, 0.25) is 0 Å². The van der Waals surface area contributed by atoms with Crippen LogP contribution in [-0.2, 0) is 0 Å². The number of aliphatic imine (C=N–C) groups is 1. The van der Waals surface area contributed by atoms with Crippen LogP contribution in [0.1, 0.15) is 5.56 Å². The second-order valence-electron chi connectivity index (χ2n) is 2.79. The number of ether oxygens (including phenoxy) is 2. The number of fused-ring (bicyclic) bond motifs is 1. The molecule has 0 fully saturated rings. The van der Waals surface area contributed by atoms with Crippen molar-refractivity contribution in [2.45, 2.75) is 0 Å². The normalized spacial score (nSPS) is 14.8. The van der Waals surface area contributed by atoms with E-state index in [9.17, 15) is 0 Å².